The highest BCUT2D eigenvalue weighted by molar-refractivity contribution is 6.08. The number of allylic oxidation sites excluding steroid dienone is 4. The Labute approximate surface area is 194 Å². The number of nitrogens with one attached hydrogen (secondary N) is 1. The van der Waals surface area contributed by atoms with Crippen LogP contribution >= 0.6 is 0 Å². The molecule has 0 aromatic rings. The van der Waals surface area contributed by atoms with Crippen LogP contribution in [0.5, 0.6) is 0 Å². The lowest BCUT2D eigenvalue weighted by molar-refractivity contribution is -0.181. The third-order valence-electron chi connectivity index (χ3n) is 6.21. The van der Waals surface area contributed by atoms with Crippen LogP contribution < -0.4 is 5.32 Å². The quantitative estimate of drug-likeness (QED) is 0.362. The standard InChI is InChI=1S/C25H35NO7/c1-14-6-9-18(28)10-8-15(2)12-21(26-23(31)17(4)27)25(5)22(30)16(3)20(33-24(25)32)13-19(29)11-7-14/h6-8,10-12,16-21,27-29H,9,13H2,1-5H3,(H,26,31)/b10-8-,11-7-,14-6-,15-12-/t16-,17-,18+,19-,20+,21?,25+/m1/s1. The molecule has 1 fully saturated rings. The van der Waals surface area contributed by atoms with E-state index >= 15 is 0 Å². The number of hydrogen-bond acceptors (Lipinski definition) is 7. The van der Waals surface area contributed by atoms with Crippen LogP contribution in [0.15, 0.2) is 47.6 Å². The second kappa shape index (κ2) is 11.0. The maximum absolute atomic E-state index is 13.5. The highest BCUT2D eigenvalue weighted by Crippen LogP contribution is 2.38. The van der Waals surface area contributed by atoms with Crippen LogP contribution in [-0.2, 0) is 19.1 Å². The van der Waals surface area contributed by atoms with Gasteiger partial charge in [0.2, 0.25) is 5.91 Å². The molecule has 2 bridgehead atoms. The predicted octanol–water partition coefficient (Wildman–Crippen LogP) is 1.51. The fourth-order valence-corrected chi connectivity index (χ4v) is 3.88. The van der Waals surface area contributed by atoms with Crippen LogP contribution in [0.2, 0.25) is 0 Å². The predicted molar refractivity (Wildman–Crippen MR) is 123 cm³/mol. The summed E-state index contributed by atoms with van der Waals surface area (Å²) < 4.78 is 5.61. The number of carbonyl (C=O) groups excluding carboxylic acids is 3. The molecule has 8 nitrogen and oxygen atoms in total. The molecule has 2 heterocycles. The van der Waals surface area contributed by atoms with E-state index < -0.39 is 59.5 Å². The molecule has 0 saturated carbocycles. The molecule has 4 N–H and O–H groups in total. The molecule has 33 heavy (non-hydrogen) atoms. The summed E-state index contributed by atoms with van der Waals surface area (Å²) >= 11 is 0. The van der Waals surface area contributed by atoms with Gasteiger partial charge in [0, 0.05) is 6.42 Å². The zero-order chi connectivity index (χ0) is 24.9. The van der Waals surface area contributed by atoms with Crippen molar-refractivity contribution >= 4 is 17.7 Å². The van der Waals surface area contributed by atoms with E-state index in [9.17, 15) is 29.7 Å². The molecule has 8 heteroatoms. The molecule has 1 aliphatic carbocycles. The molecule has 7 atom stereocenters. The van der Waals surface area contributed by atoms with Crippen molar-refractivity contribution in [3.63, 3.8) is 0 Å². The second-order valence-corrected chi connectivity index (χ2v) is 9.14. The molecule has 0 aromatic carbocycles. The topological polar surface area (TPSA) is 133 Å². The Hall–Kier alpha value is -2.55. The van der Waals surface area contributed by atoms with E-state index in [1.807, 2.05) is 13.0 Å². The van der Waals surface area contributed by atoms with Gasteiger partial charge in [-0.3, -0.25) is 14.4 Å². The number of fused-ring (bicyclic) bond motifs is 10. The highest BCUT2D eigenvalue weighted by Gasteiger charge is 2.56. The molecular weight excluding hydrogens is 426 g/mol. The van der Waals surface area contributed by atoms with Crippen molar-refractivity contribution in [1.82, 2.24) is 5.32 Å². The number of ether oxygens (including phenoxy) is 1. The van der Waals surface area contributed by atoms with Gasteiger partial charge in [-0.15, -0.1) is 0 Å². The number of rotatable bonds is 2. The van der Waals surface area contributed by atoms with Crippen molar-refractivity contribution in [2.45, 2.75) is 77.9 Å². The van der Waals surface area contributed by atoms with Gasteiger partial charge in [0.15, 0.2) is 5.78 Å². The largest absolute Gasteiger partial charge is 0.461 e. The van der Waals surface area contributed by atoms with Gasteiger partial charge in [0.1, 0.15) is 17.6 Å². The third kappa shape index (κ3) is 6.50. The minimum atomic E-state index is -1.74. The summed E-state index contributed by atoms with van der Waals surface area (Å²) in [5, 5.41) is 32.9. The number of hydrogen-bond donors (Lipinski definition) is 4. The van der Waals surface area contributed by atoms with Crippen LogP contribution in [-0.4, -0.2) is 63.4 Å². The molecule has 1 saturated heterocycles. The minimum Gasteiger partial charge on any atom is -0.461 e. The number of ketones is 1. The van der Waals surface area contributed by atoms with Gasteiger partial charge in [-0.2, -0.15) is 0 Å². The Morgan fingerprint density at radius 3 is 2.39 bits per heavy atom. The summed E-state index contributed by atoms with van der Waals surface area (Å²) in [6.07, 6.45) is 6.38. The average molecular weight is 462 g/mol. The molecule has 1 amide bonds. The lowest BCUT2D eigenvalue weighted by Crippen LogP contribution is -2.61. The normalized spacial score (nSPS) is 39.8. The van der Waals surface area contributed by atoms with Gasteiger partial charge >= 0.3 is 5.97 Å². The van der Waals surface area contributed by atoms with Crippen LogP contribution in [0.3, 0.4) is 0 Å². The highest BCUT2D eigenvalue weighted by atomic mass is 16.5. The summed E-state index contributed by atoms with van der Waals surface area (Å²) in [5.41, 5.74) is -0.292. The molecule has 3 aliphatic rings. The van der Waals surface area contributed by atoms with Crippen molar-refractivity contribution in [1.29, 1.82) is 0 Å². The zero-order valence-corrected chi connectivity index (χ0v) is 19.8. The van der Waals surface area contributed by atoms with Crippen LogP contribution in [0, 0.1) is 11.3 Å². The van der Waals surface area contributed by atoms with Crippen LogP contribution in [0.1, 0.15) is 47.5 Å². The van der Waals surface area contributed by atoms with Gasteiger partial charge in [0.25, 0.3) is 0 Å². The fraction of sp³-hybridized carbons (Fsp3) is 0.560. The molecule has 2 aliphatic heterocycles. The first kappa shape index (κ1) is 26.7. The molecule has 0 radical (unpaired) electrons. The lowest BCUT2D eigenvalue weighted by Gasteiger charge is -2.42. The number of Topliss-reactive ketones (excluding diaryl/α,β-unsaturated/α-hetero) is 1. The molecule has 0 aromatic heterocycles. The van der Waals surface area contributed by atoms with Gasteiger partial charge in [-0.1, -0.05) is 54.5 Å². The van der Waals surface area contributed by atoms with Crippen molar-refractivity contribution < 1.29 is 34.4 Å². The van der Waals surface area contributed by atoms with Gasteiger partial charge in [-0.25, -0.2) is 0 Å². The summed E-state index contributed by atoms with van der Waals surface area (Å²) in [6.45, 7) is 7.89. The van der Waals surface area contributed by atoms with Crippen LogP contribution in [0.4, 0.5) is 0 Å². The summed E-state index contributed by atoms with van der Waals surface area (Å²) in [4.78, 5) is 38.9. The molecular formula is C25H35NO7. The number of carbonyl (C=O) groups is 3. The van der Waals surface area contributed by atoms with Crippen LogP contribution in [0.25, 0.3) is 0 Å². The van der Waals surface area contributed by atoms with Crippen molar-refractivity contribution in [2.24, 2.45) is 11.3 Å². The molecule has 182 valence electrons. The minimum absolute atomic E-state index is 0.0439. The van der Waals surface area contributed by atoms with Crippen molar-refractivity contribution in [3.8, 4) is 0 Å². The summed E-state index contributed by atoms with van der Waals surface area (Å²) in [7, 11) is 0. The number of aliphatic hydroxyl groups excluding tert-OH is 3. The first-order valence-electron chi connectivity index (χ1n) is 11.2. The van der Waals surface area contributed by atoms with Crippen molar-refractivity contribution in [3.05, 3.63) is 47.6 Å². The van der Waals surface area contributed by atoms with Crippen molar-refractivity contribution in [2.75, 3.05) is 0 Å². The van der Waals surface area contributed by atoms with E-state index in [1.54, 1.807) is 44.2 Å². The first-order chi connectivity index (χ1) is 15.4. The Kier molecular flexibility index (Phi) is 8.94. The fourth-order valence-electron chi connectivity index (χ4n) is 3.88. The Morgan fingerprint density at radius 1 is 1.15 bits per heavy atom. The third-order valence-corrected chi connectivity index (χ3v) is 6.21. The maximum Gasteiger partial charge on any atom is 0.322 e. The maximum atomic E-state index is 13.5. The second-order valence-electron chi connectivity index (χ2n) is 9.14. The number of amides is 1. The number of aliphatic hydroxyl groups is 3. The van der Waals surface area contributed by atoms with E-state index in [4.69, 9.17) is 4.74 Å². The van der Waals surface area contributed by atoms with Gasteiger partial charge < -0.3 is 25.4 Å². The molecule has 3 rings (SSSR count). The summed E-state index contributed by atoms with van der Waals surface area (Å²) in [6, 6.07) is -1.09. The lowest BCUT2D eigenvalue weighted by atomic mass is 9.69. The summed E-state index contributed by atoms with van der Waals surface area (Å²) in [5.74, 6) is -2.70. The van der Waals surface area contributed by atoms with E-state index in [2.05, 4.69) is 5.32 Å². The SMILES string of the molecule is CC1=C/C[C@H](O)/C=C\C(C)=C/C(NC(=O)[C@@H](C)O)[C@]2(C)C(=O)O[C@@H](C[C@H](O)/C=C\1)[C@@H](C)C2=O. The number of esters is 1. The monoisotopic (exact) mass is 461 g/mol. The van der Waals surface area contributed by atoms with Gasteiger partial charge in [0.05, 0.1) is 24.2 Å². The average Bonchev–Trinajstić information content (AvgIpc) is 2.75. The smallest absolute Gasteiger partial charge is 0.322 e. The zero-order valence-electron chi connectivity index (χ0n) is 19.8. The van der Waals surface area contributed by atoms with E-state index in [-0.39, 0.29) is 6.42 Å². The van der Waals surface area contributed by atoms with E-state index in [1.165, 1.54) is 13.8 Å². The Bertz CT molecular complexity index is 885. The first-order valence-corrected chi connectivity index (χ1v) is 11.2. The van der Waals surface area contributed by atoms with Gasteiger partial charge in [-0.05, 0) is 34.1 Å². The van der Waals surface area contributed by atoms with E-state index in [0.29, 0.717) is 12.0 Å². The molecule has 0 spiro atoms. The molecule has 1 unspecified atom stereocenters. The Balaban J connectivity index is 2.56. The van der Waals surface area contributed by atoms with E-state index in [0.717, 1.165) is 5.57 Å². The Morgan fingerprint density at radius 2 is 1.76 bits per heavy atom.